The van der Waals surface area contributed by atoms with Crippen molar-refractivity contribution in [1.82, 2.24) is 10.2 Å². The van der Waals surface area contributed by atoms with Gasteiger partial charge in [0.15, 0.2) is 9.84 Å². The highest BCUT2D eigenvalue weighted by Crippen LogP contribution is 2.12. The molecule has 0 saturated carbocycles. The molecule has 1 amide bonds. The number of hydrogen-bond donors (Lipinski definition) is 1. The molecule has 6 nitrogen and oxygen atoms in total. The van der Waals surface area contributed by atoms with Crippen LogP contribution in [-0.4, -0.2) is 63.6 Å². The minimum Gasteiger partial charge on any atom is -0.383 e. The molecule has 1 unspecified atom stereocenters. The van der Waals surface area contributed by atoms with Crippen molar-refractivity contribution >= 4 is 15.7 Å². The van der Waals surface area contributed by atoms with E-state index >= 15 is 0 Å². The quantitative estimate of drug-likeness (QED) is 0.793. The molecule has 1 N–H and O–H groups in total. The summed E-state index contributed by atoms with van der Waals surface area (Å²) < 4.78 is 28.1. The van der Waals surface area contributed by atoms with E-state index in [1.54, 1.807) is 13.2 Å². The summed E-state index contributed by atoms with van der Waals surface area (Å²) in [7, 11) is -1.25. The Hall–Kier alpha value is -1.44. The number of hydrogen-bond acceptors (Lipinski definition) is 5. The average molecular weight is 354 g/mol. The van der Waals surface area contributed by atoms with E-state index in [9.17, 15) is 13.2 Å². The molecule has 7 heteroatoms. The minimum atomic E-state index is -2.87. The lowest BCUT2D eigenvalue weighted by Gasteiger charge is -2.26. The standard InChI is InChI=1S/C17H26N2O4S/c1-3-16(13-23-2)18-17(20)15-6-4-5-14(11-15)12-19-7-9-24(21,22)10-8-19/h4-6,11,16H,3,7-10,12-13H2,1-2H3,(H,18,20). The highest BCUT2D eigenvalue weighted by atomic mass is 32.2. The molecule has 0 radical (unpaired) electrons. The van der Waals surface area contributed by atoms with E-state index in [4.69, 9.17) is 4.74 Å². The van der Waals surface area contributed by atoms with Crippen molar-refractivity contribution in [1.29, 1.82) is 0 Å². The SMILES string of the molecule is CCC(COC)NC(=O)c1cccc(CN2CCS(=O)(=O)CC2)c1. The van der Waals surface area contributed by atoms with Gasteiger partial charge in [0.2, 0.25) is 0 Å². The largest absolute Gasteiger partial charge is 0.383 e. The van der Waals surface area contributed by atoms with E-state index < -0.39 is 9.84 Å². The van der Waals surface area contributed by atoms with E-state index in [-0.39, 0.29) is 23.5 Å². The van der Waals surface area contributed by atoms with Crippen LogP contribution in [0.15, 0.2) is 24.3 Å². The Morgan fingerprint density at radius 1 is 1.33 bits per heavy atom. The molecular formula is C17H26N2O4S. The summed E-state index contributed by atoms with van der Waals surface area (Å²) >= 11 is 0. The first-order valence-electron chi connectivity index (χ1n) is 8.25. The van der Waals surface area contributed by atoms with Crippen LogP contribution in [0.5, 0.6) is 0 Å². The van der Waals surface area contributed by atoms with Crippen molar-refractivity contribution < 1.29 is 17.9 Å². The maximum absolute atomic E-state index is 12.4. The number of amides is 1. The fraction of sp³-hybridized carbons (Fsp3) is 0.588. The molecule has 1 aromatic carbocycles. The van der Waals surface area contributed by atoms with Gasteiger partial charge in [-0.05, 0) is 24.1 Å². The summed E-state index contributed by atoms with van der Waals surface area (Å²) in [5, 5.41) is 2.97. The van der Waals surface area contributed by atoms with E-state index in [1.807, 2.05) is 25.1 Å². The molecule has 24 heavy (non-hydrogen) atoms. The Morgan fingerprint density at radius 3 is 2.67 bits per heavy atom. The zero-order valence-corrected chi connectivity index (χ0v) is 15.1. The smallest absolute Gasteiger partial charge is 0.251 e. The molecule has 1 atom stereocenters. The van der Waals surface area contributed by atoms with E-state index in [1.165, 1.54) is 0 Å². The molecule has 0 spiro atoms. The number of methoxy groups -OCH3 is 1. The Balaban J connectivity index is 1.97. The molecule has 1 saturated heterocycles. The van der Waals surface area contributed by atoms with Crippen LogP contribution in [0.2, 0.25) is 0 Å². The number of nitrogens with one attached hydrogen (secondary N) is 1. The lowest BCUT2D eigenvalue weighted by molar-refractivity contribution is 0.0894. The van der Waals surface area contributed by atoms with Crippen LogP contribution in [0, 0.1) is 0 Å². The third-order valence-corrected chi connectivity index (χ3v) is 5.84. The maximum atomic E-state index is 12.4. The summed E-state index contributed by atoms with van der Waals surface area (Å²) in [6.45, 7) is 4.25. The van der Waals surface area contributed by atoms with Gasteiger partial charge in [0.05, 0.1) is 24.2 Å². The molecule has 1 aromatic rings. The van der Waals surface area contributed by atoms with Crippen LogP contribution in [-0.2, 0) is 21.1 Å². The van der Waals surface area contributed by atoms with Crippen LogP contribution < -0.4 is 5.32 Å². The summed E-state index contributed by atoms with van der Waals surface area (Å²) in [6, 6.07) is 7.49. The van der Waals surface area contributed by atoms with Gasteiger partial charge < -0.3 is 10.1 Å². The molecule has 134 valence electrons. The predicted molar refractivity (Wildman–Crippen MR) is 93.8 cm³/mol. The second kappa shape index (κ2) is 8.60. The van der Waals surface area contributed by atoms with Gasteiger partial charge in [-0.1, -0.05) is 19.1 Å². The van der Waals surface area contributed by atoms with Crippen molar-refractivity contribution in [2.24, 2.45) is 0 Å². The van der Waals surface area contributed by atoms with Gasteiger partial charge in [-0.2, -0.15) is 0 Å². The topological polar surface area (TPSA) is 75.7 Å². The highest BCUT2D eigenvalue weighted by Gasteiger charge is 2.21. The van der Waals surface area contributed by atoms with Crippen molar-refractivity contribution in [2.75, 3.05) is 38.3 Å². The first kappa shape index (κ1) is 18.9. The molecule has 0 aliphatic carbocycles. The fourth-order valence-corrected chi connectivity index (χ4v) is 3.99. The maximum Gasteiger partial charge on any atom is 0.251 e. The highest BCUT2D eigenvalue weighted by molar-refractivity contribution is 7.91. The Kier molecular flexibility index (Phi) is 6.77. The molecule has 2 rings (SSSR count). The number of rotatable bonds is 7. The van der Waals surface area contributed by atoms with Gasteiger partial charge in [0, 0.05) is 32.3 Å². The van der Waals surface area contributed by atoms with Gasteiger partial charge in [-0.15, -0.1) is 0 Å². The van der Waals surface area contributed by atoms with Crippen LogP contribution in [0.1, 0.15) is 29.3 Å². The van der Waals surface area contributed by atoms with Crippen molar-refractivity contribution in [3.8, 4) is 0 Å². The van der Waals surface area contributed by atoms with Crippen molar-refractivity contribution in [3.05, 3.63) is 35.4 Å². The van der Waals surface area contributed by atoms with Gasteiger partial charge >= 0.3 is 0 Å². The molecule has 0 aromatic heterocycles. The molecule has 0 bridgehead atoms. The van der Waals surface area contributed by atoms with Crippen LogP contribution >= 0.6 is 0 Å². The monoisotopic (exact) mass is 354 g/mol. The summed E-state index contributed by atoms with van der Waals surface area (Å²) in [5.41, 5.74) is 1.63. The summed E-state index contributed by atoms with van der Waals surface area (Å²) in [4.78, 5) is 14.5. The zero-order chi connectivity index (χ0) is 17.6. The summed E-state index contributed by atoms with van der Waals surface area (Å²) in [5.74, 6) is 0.312. The van der Waals surface area contributed by atoms with Crippen molar-refractivity contribution in [3.63, 3.8) is 0 Å². The Bertz CT molecular complexity index is 646. The van der Waals surface area contributed by atoms with Crippen LogP contribution in [0.25, 0.3) is 0 Å². The lowest BCUT2D eigenvalue weighted by Crippen LogP contribution is -2.39. The molecular weight excluding hydrogens is 328 g/mol. The number of carbonyl (C=O) groups excluding carboxylic acids is 1. The lowest BCUT2D eigenvalue weighted by atomic mass is 10.1. The predicted octanol–water partition coefficient (Wildman–Crippen LogP) is 1.07. The Labute approximate surface area is 144 Å². The van der Waals surface area contributed by atoms with Gasteiger partial charge in [0.1, 0.15) is 0 Å². The van der Waals surface area contributed by atoms with E-state index in [2.05, 4.69) is 10.2 Å². The second-order valence-electron chi connectivity index (χ2n) is 6.16. The molecule has 1 aliphatic heterocycles. The Morgan fingerprint density at radius 2 is 2.04 bits per heavy atom. The number of sulfone groups is 1. The normalized spacial score (nSPS) is 18.9. The van der Waals surface area contributed by atoms with E-state index in [0.29, 0.717) is 31.8 Å². The molecule has 1 aliphatic rings. The van der Waals surface area contributed by atoms with Gasteiger partial charge in [0.25, 0.3) is 5.91 Å². The zero-order valence-electron chi connectivity index (χ0n) is 14.3. The number of carbonyl (C=O) groups is 1. The minimum absolute atomic E-state index is 0.00143. The first-order valence-corrected chi connectivity index (χ1v) is 10.1. The third-order valence-electron chi connectivity index (χ3n) is 4.23. The van der Waals surface area contributed by atoms with E-state index in [0.717, 1.165) is 12.0 Å². The third kappa shape index (κ3) is 5.58. The molecule has 1 heterocycles. The van der Waals surface area contributed by atoms with Crippen LogP contribution in [0.4, 0.5) is 0 Å². The number of ether oxygens (including phenoxy) is 1. The fourth-order valence-electron chi connectivity index (χ4n) is 2.71. The summed E-state index contributed by atoms with van der Waals surface area (Å²) in [6.07, 6.45) is 0.807. The molecule has 1 fully saturated rings. The van der Waals surface area contributed by atoms with Gasteiger partial charge in [-0.3, -0.25) is 9.69 Å². The van der Waals surface area contributed by atoms with Crippen LogP contribution in [0.3, 0.4) is 0 Å². The second-order valence-corrected chi connectivity index (χ2v) is 8.47. The number of nitrogens with zero attached hydrogens (tertiary/aromatic N) is 1. The first-order chi connectivity index (χ1) is 11.4. The number of benzene rings is 1. The van der Waals surface area contributed by atoms with Gasteiger partial charge in [-0.25, -0.2) is 8.42 Å². The van der Waals surface area contributed by atoms with Crippen molar-refractivity contribution in [2.45, 2.75) is 25.9 Å². The average Bonchev–Trinajstić information content (AvgIpc) is 2.56.